The molecule has 3 heteroatoms. The number of nitrogens with one attached hydrogen (secondary N) is 2. The summed E-state index contributed by atoms with van der Waals surface area (Å²) in [7, 11) is 0. The third-order valence-electron chi connectivity index (χ3n) is 5.20. The van der Waals surface area contributed by atoms with E-state index in [4.69, 9.17) is 0 Å². The number of H-pyrrole nitrogens is 1. The number of rotatable bonds is 3. The summed E-state index contributed by atoms with van der Waals surface area (Å²) in [5.41, 5.74) is 5.38. The van der Waals surface area contributed by atoms with E-state index in [2.05, 4.69) is 88.6 Å². The molecule has 0 fully saturated rings. The van der Waals surface area contributed by atoms with E-state index < -0.39 is 0 Å². The number of hydrogen-bond acceptors (Lipinski definition) is 1. The van der Waals surface area contributed by atoms with Crippen LogP contribution in [0.15, 0.2) is 53.0 Å². The predicted molar refractivity (Wildman–Crippen MR) is 104 cm³/mol. The molecule has 1 aliphatic carbocycles. The molecule has 124 valence electrons. The average Bonchev–Trinajstić information content (AvgIpc) is 2.95. The fraction of sp³-hybridized carbons (Fsp3) is 0.333. The van der Waals surface area contributed by atoms with Crippen molar-refractivity contribution in [2.24, 2.45) is 0 Å². The summed E-state index contributed by atoms with van der Waals surface area (Å²) in [6.45, 7) is 4.55. The fourth-order valence-electron chi connectivity index (χ4n) is 3.95. The Labute approximate surface area is 151 Å². The van der Waals surface area contributed by atoms with Gasteiger partial charge in [-0.2, -0.15) is 0 Å². The van der Waals surface area contributed by atoms with Gasteiger partial charge in [0.1, 0.15) is 0 Å². The lowest BCUT2D eigenvalue weighted by molar-refractivity contribution is 0.316. The van der Waals surface area contributed by atoms with E-state index in [1.807, 2.05) is 0 Å². The van der Waals surface area contributed by atoms with Crippen molar-refractivity contribution >= 4 is 26.8 Å². The summed E-state index contributed by atoms with van der Waals surface area (Å²) in [4.78, 5) is 3.68. The number of benzene rings is 2. The molecule has 1 aliphatic rings. The maximum absolute atomic E-state index is 3.90. The third-order valence-corrected chi connectivity index (χ3v) is 5.69. The van der Waals surface area contributed by atoms with Gasteiger partial charge in [0.05, 0.1) is 0 Å². The highest BCUT2D eigenvalue weighted by molar-refractivity contribution is 9.10. The Bertz CT molecular complexity index is 864. The number of aromatic nitrogens is 1. The molecule has 0 aliphatic heterocycles. The Kier molecular flexibility index (Phi) is 4.01. The lowest BCUT2D eigenvalue weighted by atomic mass is 9.87. The molecule has 24 heavy (non-hydrogen) atoms. The molecule has 1 unspecified atom stereocenters. The number of hydrogen-bond donors (Lipinski definition) is 2. The van der Waals surface area contributed by atoms with Gasteiger partial charge in [0.15, 0.2) is 0 Å². The SMILES string of the molecule is CC(C)(NC1CCCc2c1[nH]c1ccc(Br)cc21)c1ccccc1. The Morgan fingerprint density at radius 3 is 2.71 bits per heavy atom. The second kappa shape index (κ2) is 6.05. The zero-order chi connectivity index (χ0) is 16.7. The van der Waals surface area contributed by atoms with E-state index in [-0.39, 0.29) is 5.54 Å². The predicted octanol–water partition coefficient (Wildman–Crippen LogP) is 5.83. The summed E-state index contributed by atoms with van der Waals surface area (Å²) in [5, 5.41) is 5.26. The minimum Gasteiger partial charge on any atom is -0.357 e. The largest absolute Gasteiger partial charge is 0.357 e. The second-order valence-electron chi connectivity index (χ2n) is 7.29. The van der Waals surface area contributed by atoms with Crippen LogP contribution in [-0.4, -0.2) is 4.98 Å². The summed E-state index contributed by atoms with van der Waals surface area (Å²) in [5.74, 6) is 0. The van der Waals surface area contributed by atoms with Crippen LogP contribution in [0, 0.1) is 0 Å². The minimum absolute atomic E-state index is 0.0571. The van der Waals surface area contributed by atoms with Gasteiger partial charge in [0.2, 0.25) is 0 Å². The molecule has 4 rings (SSSR count). The molecule has 2 nitrogen and oxygen atoms in total. The minimum atomic E-state index is -0.0571. The highest BCUT2D eigenvalue weighted by Gasteiger charge is 2.30. The Balaban J connectivity index is 1.71. The van der Waals surface area contributed by atoms with Crippen LogP contribution < -0.4 is 5.32 Å². The summed E-state index contributed by atoms with van der Waals surface area (Å²) >= 11 is 3.61. The number of aryl methyl sites for hydroxylation is 1. The molecule has 0 spiro atoms. The molecule has 0 amide bonds. The van der Waals surface area contributed by atoms with Gasteiger partial charge >= 0.3 is 0 Å². The summed E-state index contributed by atoms with van der Waals surface area (Å²) in [6.07, 6.45) is 3.57. The maximum atomic E-state index is 3.90. The van der Waals surface area contributed by atoms with Crippen molar-refractivity contribution in [2.75, 3.05) is 0 Å². The fourth-order valence-corrected chi connectivity index (χ4v) is 4.31. The molecule has 2 N–H and O–H groups in total. The second-order valence-corrected chi connectivity index (χ2v) is 8.20. The van der Waals surface area contributed by atoms with E-state index in [9.17, 15) is 0 Å². The Morgan fingerprint density at radius 1 is 1.12 bits per heavy atom. The third kappa shape index (κ3) is 2.80. The van der Waals surface area contributed by atoms with Gasteiger partial charge in [-0.05, 0) is 62.4 Å². The smallest absolute Gasteiger partial charge is 0.0482 e. The van der Waals surface area contributed by atoms with Crippen LogP contribution in [0.3, 0.4) is 0 Å². The monoisotopic (exact) mass is 382 g/mol. The lowest BCUT2D eigenvalue weighted by Crippen LogP contribution is -2.40. The Morgan fingerprint density at radius 2 is 1.92 bits per heavy atom. The molecule has 1 aromatic heterocycles. The molecule has 3 aromatic rings. The van der Waals surface area contributed by atoms with E-state index in [0.29, 0.717) is 6.04 Å². The van der Waals surface area contributed by atoms with E-state index in [0.717, 1.165) is 10.9 Å². The molecule has 0 saturated heterocycles. The molecule has 0 saturated carbocycles. The standard InChI is InChI=1S/C21H23BrN2/c1-21(2,14-7-4-3-5-8-14)24-19-10-6-9-16-17-13-15(22)11-12-18(17)23-20(16)19/h3-5,7-8,11-13,19,23-24H,6,9-10H2,1-2H3. The quantitative estimate of drug-likeness (QED) is 0.585. The number of halogens is 1. The van der Waals surface area contributed by atoms with Crippen LogP contribution in [0.4, 0.5) is 0 Å². The lowest BCUT2D eigenvalue weighted by Gasteiger charge is -2.34. The molecular weight excluding hydrogens is 360 g/mol. The van der Waals surface area contributed by atoms with Crippen molar-refractivity contribution in [3.63, 3.8) is 0 Å². The van der Waals surface area contributed by atoms with E-state index >= 15 is 0 Å². The molecule has 2 aromatic carbocycles. The zero-order valence-electron chi connectivity index (χ0n) is 14.2. The van der Waals surface area contributed by atoms with Crippen LogP contribution in [0.2, 0.25) is 0 Å². The first-order valence-corrected chi connectivity index (χ1v) is 9.47. The van der Waals surface area contributed by atoms with E-state index in [1.165, 1.54) is 40.6 Å². The van der Waals surface area contributed by atoms with Crippen molar-refractivity contribution in [3.05, 3.63) is 69.8 Å². The highest BCUT2D eigenvalue weighted by atomic mass is 79.9. The first kappa shape index (κ1) is 15.9. The topological polar surface area (TPSA) is 27.8 Å². The van der Waals surface area contributed by atoms with Crippen molar-refractivity contribution in [1.82, 2.24) is 10.3 Å². The molecule has 1 heterocycles. The van der Waals surface area contributed by atoms with Crippen LogP contribution in [0.5, 0.6) is 0 Å². The molecule has 1 atom stereocenters. The summed E-state index contributed by atoms with van der Waals surface area (Å²) in [6, 6.07) is 17.6. The van der Waals surface area contributed by atoms with Gasteiger partial charge in [-0.3, -0.25) is 5.32 Å². The molecule has 0 radical (unpaired) electrons. The van der Waals surface area contributed by atoms with Gasteiger partial charge in [0.25, 0.3) is 0 Å². The van der Waals surface area contributed by atoms with Crippen LogP contribution in [0.1, 0.15) is 49.6 Å². The van der Waals surface area contributed by atoms with Crippen molar-refractivity contribution in [3.8, 4) is 0 Å². The number of fused-ring (bicyclic) bond motifs is 3. The van der Waals surface area contributed by atoms with Crippen molar-refractivity contribution < 1.29 is 0 Å². The van der Waals surface area contributed by atoms with Gasteiger partial charge < -0.3 is 4.98 Å². The first-order chi connectivity index (χ1) is 11.5. The highest BCUT2D eigenvalue weighted by Crippen LogP contribution is 2.37. The van der Waals surface area contributed by atoms with Crippen LogP contribution in [0.25, 0.3) is 10.9 Å². The van der Waals surface area contributed by atoms with Gasteiger partial charge in [-0.25, -0.2) is 0 Å². The maximum Gasteiger partial charge on any atom is 0.0482 e. The van der Waals surface area contributed by atoms with Gasteiger partial charge in [-0.1, -0.05) is 46.3 Å². The Hall–Kier alpha value is -1.58. The van der Waals surface area contributed by atoms with Crippen molar-refractivity contribution in [2.45, 2.75) is 44.7 Å². The van der Waals surface area contributed by atoms with Gasteiger partial charge in [-0.15, -0.1) is 0 Å². The first-order valence-electron chi connectivity index (χ1n) is 8.68. The average molecular weight is 383 g/mol. The molecule has 0 bridgehead atoms. The van der Waals surface area contributed by atoms with Crippen LogP contribution in [-0.2, 0) is 12.0 Å². The van der Waals surface area contributed by atoms with Crippen molar-refractivity contribution in [1.29, 1.82) is 0 Å². The zero-order valence-corrected chi connectivity index (χ0v) is 15.8. The normalized spacial score (nSPS) is 17.9. The van der Waals surface area contributed by atoms with E-state index in [1.54, 1.807) is 0 Å². The van der Waals surface area contributed by atoms with Crippen LogP contribution >= 0.6 is 15.9 Å². The number of aromatic amines is 1. The molecular formula is C21H23BrN2. The van der Waals surface area contributed by atoms with Gasteiger partial charge in [0, 0.05) is 32.7 Å². The summed E-state index contributed by atoms with van der Waals surface area (Å²) < 4.78 is 1.15.